The molecule has 3 rings (SSSR count). The molecule has 0 atom stereocenters. The van der Waals surface area contributed by atoms with Gasteiger partial charge in [0.1, 0.15) is 18.2 Å². The maximum Gasteiger partial charge on any atom is 0.339 e. The molecule has 0 saturated heterocycles. The third kappa shape index (κ3) is 3.67. The summed E-state index contributed by atoms with van der Waals surface area (Å²) in [5, 5.41) is 19.7. The Kier molecular flexibility index (Phi) is 4.95. The second-order valence-corrected chi connectivity index (χ2v) is 6.39. The number of aliphatic hydroxyl groups is 1. The summed E-state index contributed by atoms with van der Waals surface area (Å²) in [6.45, 7) is 5.21. The number of fused-ring (bicyclic) bond motifs is 1. The molecule has 3 aromatic rings. The molecular weight excluding hydrogens is 342 g/mol. The Morgan fingerprint density at radius 3 is 2.52 bits per heavy atom. The Morgan fingerprint density at radius 1 is 1.22 bits per heavy atom. The molecule has 0 saturated carbocycles. The first kappa shape index (κ1) is 18.2. The number of rotatable bonds is 4. The van der Waals surface area contributed by atoms with E-state index < -0.39 is 12.6 Å². The highest BCUT2D eigenvalue weighted by Gasteiger charge is 2.18. The third-order valence-corrected chi connectivity index (χ3v) is 4.25. The molecule has 6 heteroatoms. The molecule has 27 heavy (non-hydrogen) atoms. The molecule has 0 radical (unpaired) electrons. The van der Waals surface area contributed by atoms with Crippen molar-refractivity contribution in [2.24, 2.45) is 0 Å². The number of allylic oxidation sites excluding steroid dienone is 1. The normalized spacial score (nSPS) is 11.8. The van der Waals surface area contributed by atoms with E-state index in [-0.39, 0.29) is 17.2 Å². The zero-order valence-electron chi connectivity index (χ0n) is 15.3. The Balaban J connectivity index is 1.83. The SMILES string of the molecule is Cc1cc(C)c(C(=O)OC/C(O)=C(\C#N)c2nc3ccccc3[nH]2)c(C)c1. The minimum Gasteiger partial charge on any atom is -0.507 e. The second kappa shape index (κ2) is 7.34. The van der Waals surface area contributed by atoms with E-state index in [1.54, 1.807) is 6.07 Å². The Bertz CT molecular complexity index is 1050. The van der Waals surface area contributed by atoms with Crippen LogP contribution in [0.1, 0.15) is 32.9 Å². The first-order chi connectivity index (χ1) is 12.9. The lowest BCUT2D eigenvalue weighted by Gasteiger charge is -2.11. The largest absolute Gasteiger partial charge is 0.507 e. The highest BCUT2D eigenvalue weighted by Crippen LogP contribution is 2.20. The number of hydrogen-bond acceptors (Lipinski definition) is 5. The number of benzene rings is 2. The summed E-state index contributed by atoms with van der Waals surface area (Å²) in [7, 11) is 0. The van der Waals surface area contributed by atoms with Gasteiger partial charge in [-0.1, -0.05) is 29.8 Å². The topological polar surface area (TPSA) is 99.0 Å². The van der Waals surface area contributed by atoms with Crippen molar-refractivity contribution in [2.45, 2.75) is 20.8 Å². The van der Waals surface area contributed by atoms with Crippen molar-refractivity contribution < 1.29 is 14.6 Å². The Labute approximate surface area is 156 Å². The summed E-state index contributed by atoms with van der Waals surface area (Å²) < 4.78 is 5.23. The van der Waals surface area contributed by atoms with Gasteiger partial charge in [-0.3, -0.25) is 0 Å². The third-order valence-electron chi connectivity index (χ3n) is 4.25. The van der Waals surface area contributed by atoms with Gasteiger partial charge in [0, 0.05) is 0 Å². The van der Waals surface area contributed by atoms with Crippen molar-refractivity contribution in [2.75, 3.05) is 6.61 Å². The minimum absolute atomic E-state index is 0.0589. The summed E-state index contributed by atoms with van der Waals surface area (Å²) in [4.78, 5) is 19.7. The van der Waals surface area contributed by atoms with E-state index in [9.17, 15) is 15.2 Å². The number of H-pyrrole nitrogens is 1. The van der Waals surface area contributed by atoms with Gasteiger partial charge in [0.25, 0.3) is 0 Å². The van der Waals surface area contributed by atoms with E-state index in [0.29, 0.717) is 11.1 Å². The van der Waals surface area contributed by atoms with Crippen LogP contribution in [0, 0.1) is 32.1 Å². The van der Waals surface area contributed by atoms with E-state index in [1.807, 2.05) is 57.2 Å². The van der Waals surface area contributed by atoms with E-state index in [0.717, 1.165) is 22.2 Å². The van der Waals surface area contributed by atoms with Gasteiger partial charge in [0.05, 0.1) is 16.6 Å². The number of aromatic amines is 1. The molecule has 1 heterocycles. The lowest BCUT2D eigenvalue weighted by atomic mass is 10.00. The van der Waals surface area contributed by atoms with E-state index in [2.05, 4.69) is 9.97 Å². The van der Waals surface area contributed by atoms with Crippen LogP contribution in [0.15, 0.2) is 42.2 Å². The smallest absolute Gasteiger partial charge is 0.339 e. The predicted molar refractivity (Wildman–Crippen MR) is 102 cm³/mol. The highest BCUT2D eigenvalue weighted by atomic mass is 16.5. The zero-order chi connectivity index (χ0) is 19.6. The van der Waals surface area contributed by atoms with Gasteiger partial charge in [-0.2, -0.15) is 5.26 Å². The maximum absolute atomic E-state index is 12.4. The fraction of sp³-hybridized carbons (Fsp3) is 0.190. The number of aliphatic hydroxyl groups excluding tert-OH is 1. The molecule has 0 spiro atoms. The van der Waals surface area contributed by atoms with Crippen molar-refractivity contribution in [3.05, 3.63) is 70.2 Å². The van der Waals surface area contributed by atoms with Gasteiger partial charge in [-0.15, -0.1) is 0 Å². The van der Waals surface area contributed by atoms with Gasteiger partial charge in [0.15, 0.2) is 11.6 Å². The van der Waals surface area contributed by atoms with Crippen LogP contribution in [0.2, 0.25) is 0 Å². The number of para-hydroxylation sites is 2. The quantitative estimate of drug-likeness (QED) is 0.413. The molecule has 6 nitrogen and oxygen atoms in total. The first-order valence-corrected chi connectivity index (χ1v) is 8.43. The molecule has 0 amide bonds. The van der Waals surface area contributed by atoms with Crippen LogP contribution < -0.4 is 0 Å². The van der Waals surface area contributed by atoms with E-state index in [1.165, 1.54) is 0 Å². The number of imidazole rings is 1. The number of nitrogens with zero attached hydrogens (tertiary/aromatic N) is 2. The van der Waals surface area contributed by atoms with E-state index >= 15 is 0 Å². The summed E-state index contributed by atoms with van der Waals surface area (Å²) >= 11 is 0. The molecule has 2 N–H and O–H groups in total. The average Bonchev–Trinajstić information content (AvgIpc) is 3.03. The summed E-state index contributed by atoms with van der Waals surface area (Å²) in [5.74, 6) is -0.666. The molecule has 0 aliphatic heterocycles. The van der Waals surface area contributed by atoms with Crippen LogP contribution in [0.4, 0.5) is 0 Å². The van der Waals surface area contributed by atoms with Crippen LogP contribution in [0.25, 0.3) is 16.6 Å². The summed E-state index contributed by atoms with van der Waals surface area (Å²) in [5.41, 5.74) is 4.50. The number of aryl methyl sites for hydroxylation is 3. The maximum atomic E-state index is 12.4. The zero-order valence-corrected chi connectivity index (χ0v) is 15.3. The number of aromatic nitrogens is 2. The van der Waals surface area contributed by atoms with E-state index in [4.69, 9.17) is 4.74 Å². The standard InChI is InChI=1S/C21H19N3O3/c1-12-8-13(2)19(14(3)9-12)21(26)27-11-18(25)15(10-22)20-23-16-6-4-5-7-17(16)24-20/h4-9,25H,11H2,1-3H3,(H,23,24)/b18-15-. The number of nitriles is 1. The van der Waals surface area contributed by atoms with Crippen LogP contribution >= 0.6 is 0 Å². The molecule has 0 aliphatic rings. The molecule has 0 bridgehead atoms. The van der Waals surface area contributed by atoms with Crippen molar-refractivity contribution >= 4 is 22.6 Å². The van der Waals surface area contributed by atoms with Crippen LogP contribution in [-0.2, 0) is 4.74 Å². The molecule has 1 aromatic heterocycles. The molecular formula is C21H19N3O3. The number of nitrogens with one attached hydrogen (secondary N) is 1. The minimum atomic E-state index is -0.543. The molecule has 0 fully saturated rings. The molecule has 0 aliphatic carbocycles. The number of ether oxygens (including phenoxy) is 1. The van der Waals surface area contributed by atoms with Crippen LogP contribution in [0.5, 0.6) is 0 Å². The Hall–Kier alpha value is -3.59. The highest BCUT2D eigenvalue weighted by molar-refractivity contribution is 5.93. The van der Waals surface area contributed by atoms with Gasteiger partial charge in [-0.05, 0) is 44.0 Å². The van der Waals surface area contributed by atoms with Crippen LogP contribution in [0.3, 0.4) is 0 Å². The first-order valence-electron chi connectivity index (χ1n) is 8.43. The van der Waals surface area contributed by atoms with Crippen molar-refractivity contribution in [1.82, 2.24) is 9.97 Å². The van der Waals surface area contributed by atoms with Crippen molar-refractivity contribution in [1.29, 1.82) is 5.26 Å². The summed E-state index contributed by atoms with van der Waals surface area (Å²) in [6.07, 6.45) is 0. The van der Waals surface area contributed by atoms with Gasteiger partial charge >= 0.3 is 5.97 Å². The second-order valence-electron chi connectivity index (χ2n) is 6.39. The average molecular weight is 361 g/mol. The van der Waals surface area contributed by atoms with Crippen molar-refractivity contribution in [3.63, 3.8) is 0 Å². The number of esters is 1. The lowest BCUT2D eigenvalue weighted by molar-refractivity contribution is 0.0501. The summed E-state index contributed by atoms with van der Waals surface area (Å²) in [6, 6.07) is 13.0. The predicted octanol–water partition coefficient (Wildman–Crippen LogP) is 4.14. The molecule has 2 aromatic carbocycles. The van der Waals surface area contributed by atoms with Crippen LogP contribution in [-0.4, -0.2) is 27.7 Å². The lowest BCUT2D eigenvalue weighted by Crippen LogP contribution is -2.12. The van der Waals surface area contributed by atoms with Crippen molar-refractivity contribution in [3.8, 4) is 6.07 Å². The number of carbonyl (C=O) groups is 1. The van der Waals surface area contributed by atoms with Gasteiger partial charge in [0.2, 0.25) is 0 Å². The Morgan fingerprint density at radius 2 is 1.89 bits per heavy atom. The monoisotopic (exact) mass is 361 g/mol. The molecule has 136 valence electrons. The van der Waals surface area contributed by atoms with Gasteiger partial charge in [-0.25, -0.2) is 9.78 Å². The fourth-order valence-corrected chi connectivity index (χ4v) is 3.11. The van der Waals surface area contributed by atoms with Gasteiger partial charge < -0.3 is 14.8 Å². The number of carbonyl (C=O) groups excluding carboxylic acids is 1. The molecule has 0 unspecified atom stereocenters. The number of hydrogen-bond donors (Lipinski definition) is 2. The fourth-order valence-electron chi connectivity index (χ4n) is 3.11.